The van der Waals surface area contributed by atoms with Crippen LogP contribution in [0.2, 0.25) is 0 Å². The van der Waals surface area contributed by atoms with Crippen molar-refractivity contribution in [1.82, 2.24) is 4.98 Å². The lowest BCUT2D eigenvalue weighted by molar-refractivity contribution is 0.740. The summed E-state index contributed by atoms with van der Waals surface area (Å²) in [5, 5.41) is 0. The Morgan fingerprint density at radius 3 is 2.93 bits per heavy atom. The van der Waals surface area contributed by atoms with Gasteiger partial charge in [0.25, 0.3) is 0 Å². The quantitative estimate of drug-likeness (QED) is 0.796. The van der Waals surface area contributed by atoms with Gasteiger partial charge in [-0.1, -0.05) is 0 Å². The molecule has 0 radical (unpaired) electrons. The molecule has 0 aliphatic heterocycles. The van der Waals surface area contributed by atoms with Crippen molar-refractivity contribution >= 4 is 5.69 Å². The lowest BCUT2D eigenvalue weighted by atomic mass is 10.2. The first kappa shape index (κ1) is 10.4. The highest BCUT2D eigenvalue weighted by molar-refractivity contribution is 5.46. The zero-order chi connectivity index (χ0) is 10.7. The van der Waals surface area contributed by atoms with Gasteiger partial charge in [-0.15, -0.1) is 0 Å². The predicted octanol–water partition coefficient (Wildman–Crippen LogP) is 1.78. The molecule has 0 atom stereocenters. The number of nitrogens with zero attached hydrogens (tertiary/aromatic N) is 2. The van der Waals surface area contributed by atoms with E-state index in [1.807, 2.05) is 6.20 Å². The van der Waals surface area contributed by atoms with Crippen LogP contribution in [0.3, 0.4) is 0 Å². The van der Waals surface area contributed by atoms with Crippen LogP contribution >= 0.6 is 0 Å². The third kappa shape index (κ3) is 2.69. The minimum absolute atomic E-state index is 0.523. The van der Waals surface area contributed by atoms with Crippen LogP contribution in [0.4, 0.5) is 5.69 Å². The lowest BCUT2D eigenvalue weighted by Crippen LogP contribution is -2.25. The summed E-state index contributed by atoms with van der Waals surface area (Å²) in [4.78, 5) is 6.63. The van der Waals surface area contributed by atoms with Crippen LogP contribution in [-0.4, -0.2) is 18.1 Å². The standard InChI is InChI=1S/C12H19N3/c1-2-15(9-10-3-4-10)12-5-6-14-11(7-12)8-13/h5-7,10H,2-4,8-9,13H2,1H3. The second kappa shape index (κ2) is 4.62. The van der Waals surface area contributed by atoms with Crippen LogP contribution < -0.4 is 10.6 Å². The highest BCUT2D eigenvalue weighted by atomic mass is 15.1. The van der Waals surface area contributed by atoms with Gasteiger partial charge >= 0.3 is 0 Å². The fourth-order valence-corrected chi connectivity index (χ4v) is 1.80. The SMILES string of the molecule is CCN(CC1CC1)c1ccnc(CN)c1. The van der Waals surface area contributed by atoms with Gasteiger partial charge in [-0.25, -0.2) is 0 Å². The first-order valence-corrected chi connectivity index (χ1v) is 5.73. The van der Waals surface area contributed by atoms with Crippen molar-refractivity contribution in [2.75, 3.05) is 18.0 Å². The van der Waals surface area contributed by atoms with Gasteiger partial charge in [0, 0.05) is 31.5 Å². The molecule has 15 heavy (non-hydrogen) atoms. The Kier molecular flexibility index (Phi) is 3.21. The third-order valence-corrected chi connectivity index (χ3v) is 2.93. The number of hydrogen-bond acceptors (Lipinski definition) is 3. The molecule has 0 amide bonds. The van der Waals surface area contributed by atoms with E-state index < -0.39 is 0 Å². The summed E-state index contributed by atoms with van der Waals surface area (Å²) >= 11 is 0. The summed E-state index contributed by atoms with van der Waals surface area (Å²) in [6.45, 7) is 4.97. The lowest BCUT2D eigenvalue weighted by Gasteiger charge is -2.23. The first-order chi connectivity index (χ1) is 7.33. The van der Waals surface area contributed by atoms with Crippen LogP contribution in [0.15, 0.2) is 18.3 Å². The van der Waals surface area contributed by atoms with E-state index in [0.29, 0.717) is 6.54 Å². The summed E-state index contributed by atoms with van der Waals surface area (Å²) in [5.41, 5.74) is 7.83. The molecule has 1 aliphatic carbocycles. The van der Waals surface area contributed by atoms with E-state index in [2.05, 4.69) is 28.9 Å². The maximum absolute atomic E-state index is 5.59. The Hall–Kier alpha value is -1.09. The fraction of sp³-hybridized carbons (Fsp3) is 0.583. The Balaban J connectivity index is 2.09. The number of nitrogens with two attached hydrogens (primary N) is 1. The second-order valence-corrected chi connectivity index (χ2v) is 4.19. The minimum atomic E-state index is 0.523. The normalized spacial score (nSPS) is 15.3. The number of aromatic nitrogens is 1. The van der Waals surface area contributed by atoms with Gasteiger partial charge in [0.2, 0.25) is 0 Å². The fourth-order valence-electron chi connectivity index (χ4n) is 1.80. The molecule has 0 spiro atoms. The number of hydrogen-bond donors (Lipinski definition) is 1. The molecule has 1 aliphatic rings. The van der Waals surface area contributed by atoms with Crippen molar-refractivity contribution in [1.29, 1.82) is 0 Å². The molecule has 1 saturated carbocycles. The van der Waals surface area contributed by atoms with E-state index in [0.717, 1.165) is 18.2 Å². The molecule has 1 fully saturated rings. The number of anilines is 1. The Bertz CT molecular complexity index is 320. The largest absolute Gasteiger partial charge is 0.371 e. The predicted molar refractivity (Wildman–Crippen MR) is 62.7 cm³/mol. The van der Waals surface area contributed by atoms with E-state index in [1.165, 1.54) is 25.1 Å². The Morgan fingerprint density at radius 1 is 1.53 bits per heavy atom. The number of pyridine rings is 1. The van der Waals surface area contributed by atoms with Crippen LogP contribution in [0, 0.1) is 5.92 Å². The monoisotopic (exact) mass is 205 g/mol. The van der Waals surface area contributed by atoms with Crippen LogP contribution in [0.5, 0.6) is 0 Å². The average molecular weight is 205 g/mol. The van der Waals surface area contributed by atoms with Crippen molar-refractivity contribution in [2.24, 2.45) is 11.7 Å². The zero-order valence-corrected chi connectivity index (χ0v) is 9.32. The molecule has 3 nitrogen and oxygen atoms in total. The molecule has 0 aromatic carbocycles. The molecule has 1 aromatic heterocycles. The van der Waals surface area contributed by atoms with E-state index in [-0.39, 0.29) is 0 Å². The Morgan fingerprint density at radius 2 is 2.33 bits per heavy atom. The van der Waals surface area contributed by atoms with Gasteiger partial charge in [0.15, 0.2) is 0 Å². The maximum atomic E-state index is 5.59. The summed E-state index contributed by atoms with van der Waals surface area (Å²) in [6.07, 6.45) is 4.64. The van der Waals surface area contributed by atoms with Crippen molar-refractivity contribution in [2.45, 2.75) is 26.3 Å². The van der Waals surface area contributed by atoms with E-state index in [9.17, 15) is 0 Å². The van der Waals surface area contributed by atoms with Crippen LogP contribution in [-0.2, 0) is 6.54 Å². The molecule has 0 unspecified atom stereocenters. The van der Waals surface area contributed by atoms with Crippen LogP contribution in [0.25, 0.3) is 0 Å². The maximum Gasteiger partial charge on any atom is 0.0560 e. The molecule has 0 saturated heterocycles. The molecule has 1 aromatic rings. The van der Waals surface area contributed by atoms with Gasteiger partial charge < -0.3 is 10.6 Å². The van der Waals surface area contributed by atoms with Gasteiger partial charge in [-0.3, -0.25) is 4.98 Å². The topological polar surface area (TPSA) is 42.2 Å². The molecular weight excluding hydrogens is 186 g/mol. The van der Waals surface area contributed by atoms with E-state index in [1.54, 1.807) is 0 Å². The molecule has 2 N–H and O–H groups in total. The third-order valence-electron chi connectivity index (χ3n) is 2.93. The van der Waals surface area contributed by atoms with Crippen LogP contribution in [0.1, 0.15) is 25.5 Å². The van der Waals surface area contributed by atoms with E-state index in [4.69, 9.17) is 5.73 Å². The summed E-state index contributed by atoms with van der Waals surface area (Å²) in [7, 11) is 0. The smallest absolute Gasteiger partial charge is 0.0560 e. The molecule has 2 rings (SSSR count). The Labute approximate surface area is 91.3 Å². The number of rotatable bonds is 5. The highest BCUT2D eigenvalue weighted by Crippen LogP contribution is 2.31. The van der Waals surface area contributed by atoms with E-state index >= 15 is 0 Å². The van der Waals surface area contributed by atoms with Gasteiger partial charge in [-0.2, -0.15) is 0 Å². The highest BCUT2D eigenvalue weighted by Gasteiger charge is 2.23. The second-order valence-electron chi connectivity index (χ2n) is 4.19. The minimum Gasteiger partial charge on any atom is -0.371 e. The van der Waals surface area contributed by atoms with Gasteiger partial charge in [0.05, 0.1) is 5.69 Å². The zero-order valence-electron chi connectivity index (χ0n) is 9.32. The van der Waals surface area contributed by atoms with Crippen molar-refractivity contribution in [3.05, 3.63) is 24.0 Å². The summed E-state index contributed by atoms with van der Waals surface area (Å²) in [6, 6.07) is 4.18. The summed E-state index contributed by atoms with van der Waals surface area (Å²) in [5.74, 6) is 0.916. The van der Waals surface area contributed by atoms with Gasteiger partial charge in [0.1, 0.15) is 0 Å². The molecule has 3 heteroatoms. The molecular formula is C12H19N3. The molecule has 0 bridgehead atoms. The van der Waals surface area contributed by atoms with Crippen molar-refractivity contribution < 1.29 is 0 Å². The molecule has 1 heterocycles. The van der Waals surface area contributed by atoms with Crippen molar-refractivity contribution in [3.63, 3.8) is 0 Å². The van der Waals surface area contributed by atoms with Gasteiger partial charge in [-0.05, 0) is 37.8 Å². The molecule has 82 valence electrons. The summed E-state index contributed by atoms with van der Waals surface area (Å²) < 4.78 is 0. The average Bonchev–Trinajstić information content (AvgIpc) is 3.10. The van der Waals surface area contributed by atoms with Crippen molar-refractivity contribution in [3.8, 4) is 0 Å². The first-order valence-electron chi connectivity index (χ1n) is 5.73.